The summed E-state index contributed by atoms with van der Waals surface area (Å²) in [4.78, 5) is 10.1. The molecule has 0 spiro atoms. The summed E-state index contributed by atoms with van der Waals surface area (Å²) < 4.78 is 12.9. The monoisotopic (exact) mass is 306 g/mol. The molecule has 0 saturated heterocycles. The third kappa shape index (κ3) is 7.51. The number of nitrogens with one attached hydrogen (secondary N) is 1. The third-order valence-electron chi connectivity index (χ3n) is 3.95. The van der Waals surface area contributed by atoms with Gasteiger partial charge in [-0.3, -0.25) is 5.43 Å². The van der Waals surface area contributed by atoms with Crippen molar-refractivity contribution in [2.75, 3.05) is 20.1 Å². The van der Waals surface area contributed by atoms with E-state index in [9.17, 15) is 9.18 Å². The Labute approximate surface area is 133 Å². The molecule has 1 atom stereocenters. The lowest BCUT2D eigenvalue weighted by molar-refractivity contribution is 0.206. The highest BCUT2D eigenvalue weighted by molar-refractivity contribution is 5.44. The summed E-state index contributed by atoms with van der Waals surface area (Å²) in [5.74, 6) is 2.10. The van der Waals surface area contributed by atoms with E-state index in [1.807, 2.05) is 19.2 Å². The maximum Gasteiger partial charge on any atom is 0.123 e. The summed E-state index contributed by atoms with van der Waals surface area (Å²) in [7, 11) is 1.90. The smallest absolute Gasteiger partial charge is 0.123 e. The SMILES string of the molecule is CNN(CCC=C=O)CCCCCC(C)c1ccc(F)cc1. The number of carbonyl (C=O) groups excluding carboxylic acids is 1. The predicted molar refractivity (Wildman–Crippen MR) is 88.8 cm³/mol. The summed E-state index contributed by atoms with van der Waals surface area (Å²) in [6.07, 6.45) is 6.85. The number of halogens is 1. The highest BCUT2D eigenvalue weighted by Crippen LogP contribution is 2.21. The molecule has 0 aromatic heterocycles. The van der Waals surface area contributed by atoms with Crippen LogP contribution in [0.2, 0.25) is 0 Å². The number of unbranched alkanes of at least 4 members (excludes halogenated alkanes) is 2. The Morgan fingerprint density at radius 3 is 2.59 bits per heavy atom. The largest absolute Gasteiger partial charge is 0.258 e. The summed E-state index contributed by atoms with van der Waals surface area (Å²) in [6, 6.07) is 6.82. The maximum atomic E-state index is 12.9. The standard InChI is InChI=1S/C18H27FN2O/c1-16(17-9-11-18(19)12-10-17)8-4-3-5-13-21(20-2)14-6-7-15-22/h7,9-12,16,20H,3-6,8,13-14H2,1-2H3. The van der Waals surface area contributed by atoms with Crippen LogP contribution >= 0.6 is 0 Å². The van der Waals surface area contributed by atoms with Crippen LogP contribution in [-0.4, -0.2) is 31.1 Å². The van der Waals surface area contributed by atoms with Gasteiger partial charge in [0.25, 0.3) is 0 Å². The predicted octanol–water partition coefficient (Wildman–Crippen LogP) is 3.70. The van der Waals surface area contributed by atoms with Gasteiger partial charge in [0.05, 0.1) is 0 Å². The zero-order chi connectivity index (χ0) is 16.2. The van der Waals surface area contributed by atoms with Crippen LogP contribution in [0.4, 0.5) is 4.39 Å². The second-order valence-corrected chi connectivity index (χ2v) is 5.62. The first kappa shape index (κ1) is 18.6. The maximum absolute atomic E-state index is 12.9. The van der Waals surface area contributed by atoms with Crippen LogP contribution in [0.5, 0.6) is 0 Å². The van der Waals surface area contributed by atoms with Crippen molar-refractivity contribution in [3.05, 3.63) is 41.7 Å². The fourth-order valence-corrected chi connectivity index (χ4v) is 2.50. The Morgan fingerprint density at radius 2 is 1.95 bits per heavy atom. The molecule has 0 aliphatic carbocycles. The Kier molecular flexibility index (Phi) is 9.40. The number of nitrogens with zero attached hydrogens (tertiary/aromatic N) is 1. The molecule has 0 saturated carbocycles. The summed E-state index contributed by atoms with van der Waals surface area (Å²) in [6.45, 7) is 4.00. The summed E-state index contributed by atoms with van der Waals surface area (Å²) in [5.41, 5.74) is 4.35. The van der Waals surface area contributed by atoms with Crippen molar-refractivity contribution >= 4 is 5.94 Å². The molecule has 3 nitrogen and oxygen atoms in total. The molecule has 0 aliphatic rings. The van der Waals surface area contributed by atoms with Crippen LogP contribution in [-0.2, 0) is 4.79 Å². The molecule has 1 rings (SSSR count). The normalized spacial score (nSPS) is 12.2. The van der Waals surface area contributed by atoms with Gasteiger partial charge in [-0.25, -0.2) is 14.2 Å². The van der Waals surface area contributed by atoms with Crippen molar-refractivity contribution < 1.29 is 9.18 Å². The lowest BCUT2D eigenvalue weighted by Gasteiger charge is -2.20. The minimum absolute atomic E-state index is 0.174. The average molecular weight is 306 g/mol. The van der Waals surface area contributed by atoms with E-state index >= 15 is 0 Å². The van der Waals surface area contributed by atoms with Gasteiger partial charge >= 0.3 is 0 Å². The fraction of sp³-hybridized carbons (Fsp3) is 0.556. The van der Waals surface area contributed by atoms with E-state index in [1.54, 1.807) is 5.94 Å². The molecule has 4 heteroatoms. The van der Waals surface area contributed by atoms with Crippen molar-refractivity contribution in [3.8, 4) is 0 Å². The highest BCUT2D eigenvalue weighted by Gasteiger charge is 2.06. The van der Waals surface area contributed by atoms with Crippen LogP contribution in [0, 0.1) is 5.82 Å². The molecule has 1 aromatic carbocycles. The van der Waals surface area contributed by atoms with Crippen LogP contribution < -0.4 is 5.43 Å². The van der Waals surface area contributed by atoms with Crippen molar-refractivity contribution in [2.45, 2.75) is 44.9 Å². The van der Waals surface area contributed by atoms with Gasteiger partial charge in [-0.05, 0) is 49.9 Å². The van der Waals surface area contributed by atoms with Crippen molar-refractivity contribution in [1.29, 1.82) is 0 Å². The van der Waals surface area contributed by atoms with Crippen LogP contribution in [0.3, 0.4) is 0 Å². The topological polar surface area (TPSA) is 32.3 Å². The minimum atomic E-state index is -0.174. The number of benzene rings is 1. The second kappa shape index (κ2) is 11.1. The van der Waals surface area contributed by atoms with E-state index in [1.165, 1.54) is 36.6 Å². The molecule has 1 N–H and O–H groups in total. The molecule has 0 bridgehead atoms. The number of rotatable bonds is 11. The Bertz CT molecular complexity index is 455. The second-order valence-electron chi connectivity index (χ2n) is 5.62. The fourth-order valence-electron chi connectivity index (χ4n) is 2.50. The summed E-state index contributed by atoms with van der Waals surface area (Å²) in [5, 5.41) is 2.12. The average Bonchev–Trinajstić information content (AvgIpc) is 2.53. The van der Waals surface area contributed by atoms with E-state index < -0.39 is 0 Å². The first-order chi connectivity index (χ1) is 10.7. The molecular weight excluding hydrogens is 279 g/mol. The molecule has 0 fully saturated rings. The molecule has 22 heavy (non-hydrogen) atoms. The summed E-state index contributed by atoms with van der Waals surface area (Å²) >= 11 is 0. The van der Waals surface area contributed by atoms with Gasteiger partial charge in [0.15, 0.2) is 0 Å². The zero-order valence-electron chi connectivity index (χ0n) is 13.6. The van der Waals surface area contributed by atoms with E-state index in [0.29, 0.717) is 5.92 Å². The van der Waals surface area contributed by atoms with Crippen LogP contribution in [0.15, 0.2) is 30.3 Å². The van der Waals surface area contributed by atoms with Gasteiger partial charge in [0.2, 0.25) is 0 Å². The van der Waals surface area contributed by atoms with Gasteiger partial charge in [-0.1, -0.05) is 31.9 Å². The number of hydrogen-bond donors (Lipinski definition) is 1. The Balaban J connectivity index is 2.16. The van der Waals surface area contributed by atoms with Gasteiger partial charge in [0, 0.05) is 19.2 Å². The first-order valence-corrected chi connectivity index (χ1v) is 8.04. The van der Waals surface area contributed by atoms with Crippen molar-refractivity contribution in [2.24, 2.45) is 0 Å². The third-order valence-corrected chi connectivity index (χ3v) is 3.95. The zero-order valence-corrected chi connectivity index (χ0v) is 13.6. The van der Waals surface area contributed by atoms with Gasteiger partial charge in [0.1, 0.15) is 11.8 Å². The quantitative estimate of drug-likeness (QED) is 0.384. The molecule has 0 aliphatic heterocycles. The van der Waals surface area contributed by atoms with E-state index in [2.05, 4.69) is 17.4 Å². The number of hydrazine groups is 1. The Morgan fingerprint density at radius 1 is 1.23 bits per heavy atom. The van der Waals surface area contributed by atoms with E-state index in [0.717, 1.165) is 32.4 Å². The van der Waals surface area contributed by atoms with Crippen molar-refractivity contribution in [3.63, 3.8) is 0 Å². The molecule has 1 aromatic rings. The number of hydrogen-bond acceptors (Lipinski definition) is 3. The molecule has 0 heterocycles. The lowest BCUT2D eigenvalue weighted by Crippen LogP contribution is -2.36. The van der Waals surface area contributed by atoms with E-state index in [4.69, 9.17) is 0 Å². The van der Waals surface area contributed by atoms with Crippen LogP contribution in [0.25, 0.3) is 0 Å². The molecular formula is C18H27FN2O. The van der Waals surface area contributed by atoms with Gasteiger partial charge in [-0.15, -0.1) is 0 Å². The van der Waals surface area contributed by atoms with Crippen molar-refractivity contribution in [1.82, 2.24) is 10.4 Å². The first-order valence-electron chi connectivity index (χ1n) is 8.04. The molecule has 122 valence electrons. The highest BCUT2D eigenvalue weighted by atomic mass is 19.1. The van der Waals surface area contributed by atoms with Gasteiger partial charge < -0.3 is 0 Å². The Hall–Kier alpha value is -1.48. The molecule has 1 unspecified atom stereocenters. The van der Waals surface area contributed by atoms with Gasteiger partial charge in [-0.2, -0.15) is 0 Å². The molecule has 0 amide bonds. The lowest BCUT2D eigenvalue weighted by atomic mass is 9.95. The van der Waals surface area contributed by atoms with Crippen LogP contribution in [0.1, 0.15) is 50.5 Å². The molecule has 0 radical (unpaired) electrons. The minimum Gasteiger partial charge on any atom is -0.258 e. The van der Waals surface area contributed by atoms with E-state index in [-0.39, 0.29) is 5.82 Å².